The van der Waals surface area contributed by atoms with Crippen LogP contribution in [-0.4, -0.2) is 44.9 Å². The van der Waals surface area contributed by atoms with E-state index in [2.05, 4.69) is 25.5 Å². The molecule has 5 rings (SSSR count). The fourth-order valence-electron chi connectivity index (χ4n) is 4.56. The zero-order valence-electron chi connectivity index (χ0n) is 19.1. The molecule has 1 spiro atoms. The summed E-state index contributed by atoms with van der Waals surface area (Å²) in [5, 5.41) is 11.2. The number of rotatable bonds is 5. The minimum atomic E-state index is -4.49. The van der Waals surface area contributed by atoms with Crippen LogP contribution in [0, 0.1) is 5.92 Å². The highest BCUT2D eigenvalue weighted by Gasteiger charge is 2.48. The van der Waals surface area contributed by atoms with Gasteiger partial charge in [-0.2, -0.15) is 18.3 Å². The number of aromatic nitrogens is 4. The quantitative estimate of drug-likeness (QED) is 0.483. The molecule has 36 heavy (non-hydrogen) atoms. The van der Waals surface area contributed by atoms with Crippen LogP contribution in [-0.2, 0) is 10.9 Å². The number of carbonyl (C=O) groups is 1. The van der Waals surface area contributed by atoms with Crippen molar-refractivity contribution in [3.8, 4) is 11.3 Å². The fraction of sp³-hybridized carbons (Fsp3) is 0.375. The molecule has 12 heteroatoms. The van der Waals surface area contributed by atoms with Gasteiger partial charge in [-0.05, 0) is 68.0 Å². The highest BCUT2D eigenvalue weighted by Crippen LogP contribution is 2.40. The predicted octanol–water partition coefficient (Wildman–Crippen LogP) is 5.37. The lowest BCUT2D eigenvalue weighted by atomic mass is 9.78. The first kappa shape index (κ1) is 25.6. The molecular weight excluding hydrogens is 497 g/mol. The number of halogens is 4. The Labute approximate surface area is 211 Å². The summed E-state index contributed by atoms with van der Waals surface area (Å²) in [5.74, 6) is 1.52. The monoisotopic (exact) mass is 520 g/mol. The number of ether oxygens (including phenoxy) is 1. The Morgan fingerprint density at radius 1 is 1.11 bits per heavy atom. The van der Waals surface area contributed by atoms with Crippen LogP contribution in [0.2, 0.25) is 0 Å². The number of nitrogens with one attached hydrogen (secondary N) is 1. The lowest BCUT2D eigenvalue weighted by molar-refractivity contribution is -0.141. The Morgan fingerprint density at radius 3 is 2.58 bits per heavy atom. The normalized spacial score (nSPS) is 21.7. The number of anilines is 2. The molecule has 3 aromatic heterocycles. The van der Waals surface area contributed by atoms with E-state index in [1.165, 1.54) is 23.2 Å². The van der Waals surface area contributed by atoms with Crippen molar-refractivity contribution >= 4 is 30.1 Å². The molecule has 1 aliphatic heterocycles. The SMILES string of the molecule is Cl.O=C1O[C@]2(CC[C@H](CNc3ccc(-c4cccc(C(F)(F)F)n4)cn3)CC2)CN1c1cccnn1. The molecule has 1 amide bonds. The van der Waals surface area contributed by atoms with E-state index < -0.39 is 17.5 Å². The minimum absolute atomic E-state index is 0. The van der Waals surface area contributed by atoms with Gasteiger partial charge in [0.25, 0.3) is 0 Å². The zero-order valence-corrected chi connectivity index (χ0v) is 19.9. The summed E-state index contributed by atoms with van der Waals surface area (Å²) in [6.45, 7) is 1.17. The van der Waals surface area contributed by atoms with Crippen LogP contribution in [0.4, 0.5) is 29.6 Å². The summed E-state index contributed by atoms with van der Waals surface area (Å²) in [6, 6.07) is 10.7. The third-order valence-electron chi connectivity index (χ3n) is 6.49. The molecule has 0 radical (unpaired) electrons. The molecule has 4 heterocycles. The molecule has 2 fully saturated rings. The average molecular weight is 521 g/mol. The molecule has 3 aromatic rings. The Balaban J connectivity index is 0.00000304. The van der Waals surface area contributed by atoms with Gasteiger partial charge < -0.3 is 10.1 Å². The molecule has 0 atom stereocenters. The molecule has 190 valence electrons. The summed E-state index contributed by atoms with van der Waals surface area (Å²) < 4.78 is 44.5. The maximum Gasteiger partial charge on any atom is 0.433 e. The van der Waals surface area contributed by atoms with Gasteiger partial charge in [0.1, 0.15) is 17.1 Å². The van der Waals surface area contributed by atoms with Crippen LogP contribution < -0.4 is 10.2 Å². The van der Waals surface area contributed by atoms with Gasteiger partial charge in [-0.1, -0.05) is 6.07 Å². The number of alkyl halides is 3. The van der Waals surface area contributed by atoms with Gasteiger partial charge in [0, 0.05) is 24.5 Å². The predicted molar refractivity (Wildman–Crippen MR) is 129 cm³/mol. The van der Waals surface area contributed by atoms with Gasteiger partial charge in [-0.3, -0.25) is 4.90 Å². The number of carbonyl (C=O) groups excluding carboxylic acids is 1. The molecule has 1 N–H and O–H groups in total. The van der Waals surface area contributed by atoms with Crippen LogP contribution >= 0.6 is 12.4 Å². The highest BCUT2D eigenvalue weighted by atomic mass is 35.5. The van der Waals surface area contributed by atoms with Crippen LogP contribution in [0.3, 0.4) is 0 Å². The van der Waals surface area contributed by atoms with Gasteiger partial charge in [-0.25, -0.2) is 14.8 Å². The van der Waals surface area contributed by atoms with E-state index in [-0.39, 0.29) is 24.2 Å². The van der Waals surface area contributed by atoms with E-state index >= 15 is 0 Å². The first-order chi connectivity index (χ1) is 16.8. The summed E-state index contributed by atoms with van der Waals surface area (Å²) >= 11 is 0. The standard InChI is InChI=1S/C24H23F3N6O2.ClH/c25-24(26,27)19-4-1-3-18(31-19)17-6-7-20(29-14-17)28-13-16-8-10-23(11-9-16)15-33(22(34)35-23)21-5-2-12-30-32-21;/h1-7,12,14,16H,8-11,13,15H2,(H,28,29);1H/t16-,23-;. The second-order valence-corrected chi connectivity index (χ2v) is 8.88. The van der Waals surface area contributed by atoms with E-state index in [1.54, 1.807) is 30.5 Å². The maximum atomic E-state index is 12.9. The lowest BCUT2D eigenvalue weighted by Gasteiger charge is -2.35. The van der Waals surface area contributed by atoms with Gasteiger partial charge >= 0.3 is 12.3 Å². The van der Waals surface area contributed by atoms with Gasteiger partial charge in [0.05, 0.1) is 12.2 Å². The summed E-state index contributed by atoms with van der Waals surface area (Å²) in [4.78, 5) is 22.0. The fourth-order valence-corrected chi connectivity index (χ4v) is 4.56. The van der Waals surface area contributed by atoms with E-state index in [0.29, 0.717) is 36.2 Å². The number of pyridine rings is 2. The number of nitrogens with zero attached hydrogens (tertiary/aromatic N) is 5. The first-order valence-electron chi connectivity index (χ1n) is 11.3. The van der Waals surface area contributed by atoms with Crippen molar-refractivity contribution < 1.29 is 22.7 Å². The van der Waals surface area contributed by atoms with Crippen LogP contribution in [0.25, 0.3) is 11.3 Å². The van der Waals surface area contributed by atoms with Crippen molar-refractivity contribution in [1.29, 1.82) is 0 Å². The van der Waals surface area contributed by atoms with E-state index in [1.807, 2.05) is 0 Å². The summed E-state index contributed by atoms with van der Waals surface area (Å²) in [6.07, 6.45) is 1.49. The number of hydrogen-bond acceptors (Lipinski definition) is 7. The largest absolute Gasteiger partial charge is 0.441 e. The maximum absolute atomic E-state index is 12.9. The Bertz CT molecular complexity index is 1190. The van der Waals surface area contributed by atoms with Gasteiger partial charge in [0.15, 0.2) is 5.82 Å². The topological polar surface area (TPSA) is 93.1 Å². The molecule has 2 aliphatic rings. The molecule has 0 aromatic carbocycles. The first-order valence-corrected chi connectivity index (χ1v) is 11.3. The third kappa shape index (κ3) is 5.51. The average Bonchev–Trinajstić information content (AvgIpc) is 3.19. The Morgan fingerprint density at radius 2 is 1.92 bits per heavy atom. The van der Waals surface area contributed by atoms with Crippen molar-refractivity contribution in [1.82, 2.24) is 20.2 Å². The van der Waals surface area contributed by atoms with Crippen molar-refractivity contribution in [2.75, 3.05) is 23.3 Å². The van der Waals surface area contributed by atoms with Gasteiger partial charge in [0.2, 0.25) is 0 Å². The molecule has 8 nitrogen and oxygen atoms in total. The lowest BCUT2D eigenvalue weighted by Crippen LogP contribution is -2.39. The molecular formula is C24H24ClF3N6O2. The van der Waals surface area contributed by atoms with E-state index in [4.69, 9.17) is 4.74 Å². The minimum Gasteiger partial charge on any atom is -0.441 e. The molecule has 1 saturated carbocycles. The Hall–Kier alpha value is -3.47. The zero-order chi connectivity index (χ0) is 24.5. The molecule has 1 aliphatic carbocycles. The van der Waals surface area contributed by atoms with E-state index in [9.17, 15) is 18.0 Å². The summed E-state index contributed by atoms with van der Waals surface area (Å²) in [7, 11) is 0. The van der Waals surface area contributed by atoms with Crippen LogP contribution in [0.15, 0.2) is 54.9 Å². The second-order valence-electron chi connectivity index (χ2n) is 8.88. The Kier molecular flexibility index (Phi) is 7.30. The van der Waals surface area contributed by atoms with Crippen LogP contribution in [0.5, 0.6) is 0 Å². The number of amides is 1. The molecule has 0 bridgehead atoms. The van der Waals surface area contributed by atoms with Gasteiger partial charge in [-0.15, -0.1) is 17.5 Å². The summed E-state index contributed by atoms with van der Waals surface area (Å²) in [5.41, 5.74) is -0.696. The molecule has 1 saturated heterocycles. The van der Waals surface area contributed by atoms with Crippen molar-refractivity contribution in [2.24, 2.45) is 5.92 Å². The van der Waals surface area contributed by atoms with Crippen LogP contribution in [0.1, 0.15) is 31.4 Å². The number of hydrogen-bond donors (Lipinski definition) is 1. The molecule has 0 unspecified atom stereocenters. The third-order valence-corrected chi connectivity index (χ3v) is 6.49. The van der Waals surface area contributed by atoms with E-state index in [0.717, 1.165) is 31.7 Å². The van der Waals surface area contributed by atoms with Crippen molar-refractivity contribution in [3.63, 3.8) is 0 Å². The van der Waals surface area contributed by atoms with Crippen molar-refractivity contribution in [3.05, 3.63) is 60.6 Å². The highest BCUT2D eigenvalue weighted by molar-refractivity contribution is 5.89. The van der Waals surface area contributed by atoms with Crippen molar-refractivity contribution in [2.45, 2.75) is 37.5 Å². The smallest absolute Gasteiger partial charge is 0.433 e. The second kappa shape index (κ2) is 10.3.